The molecule has 4 aliphatic rings. The zero-order chi connectivity index (χ0) is 22.8. The molecule has 170 valence electrons. The maximum absolute atomic E-state index is 12.9. The van der Waals surface area contributed by atoms with Gasteiger partial charge in [0.05, 0.1) is 0 Å². The van der Waals surface area contributed by atoms with Crippen LogP contribution in [0.15, 0.2) is 23.3 Å². The van der Waals surface area contributed by atoms with Crippen molar-refractivity contribution in [1.82, 2.24) is 0 Å². The lowest BCUT2D eigenvalue weighted by Gasteiger charge is -2.58. The number of Topliss-reactive ketones (excluding diaryl/α,β-unsaturated/α-hetero) is 1. The van der Waals surface area contributed by atoms with E-state index >= 15 is 0 Å². The fourth-order valence-electron chi connectivity index (χ4n) is 7.92. The van der Waals surface area contributed by atoms with Crippen molar-refractivity contribution in [3.05, 3.63) is 23.3 Å². The Morgan fingerprint density at radius 3 is 2.19 bits per heavy atom. The van der Waals surface area contributed by atoms with Gasteiger partial charge in [0, 0.05) is 19.3 Å². The molecule has 4 aliphatic carbocycles. The zero-order valence-electron chi connectivity index (χ0n) is 19.7. The first kappa shape index (κ1) is 22.3. The van der Waals surface area contributed by atoms with Crippen molar-refractivity contribution in [2.45, 2.75) is 91.8 Å². The Kier molecular flexibility index (Phi) is 5.26. The van der Waals surface area contributed by atoms with Crippen molar-refractivity contribution >= 4 is 17.7 Å². The summed E-state index contributed by atoms with van der Waals surface area (Å²) in [4.78, 5) is 36.3. The van der Waals surface area contributed by atoms with Gasteiger partial charge in [-0.25, -0.2) is 0 Å². The molecule has 0 aliphatic heterocycles. The van der Waals surface area contributed by atoms with Crippen molar-refractivity contribution in [1.29, 1.82) is 0 Å². The molecule has 2 fully saturated rings. The number of rotatable bonds is 3. The number of carbonyl (C=O) groups excluding carboxylic acids is 3. The molecule has 0 bridgehead atoms. The second-order valence-electron chi connectivity index (χ2n) is 10.8. The first-order valence-corrected chi connectivity index (χ1v) is 11.7. The average Bonchev–Trinajstić information content (AvgIpc) is 2.96. The molecule has 0 unspecified atom stereocenters. The fraction of sp³-hybridized carbons (Fsp3) is 0.731. The Morgan fingerprint density at radius 1 is 0.903 bits per heavy atom. The monoisotopic (exact) mass is 428 g/mol. The molecule has 5 heteroatoms. The highest BCUT2D eigenvalue weighted by Crippen LogP contribution is 2.68. The average molecular weight is 429 g/mol. The molecule has 0 radical (unpaired) electrons. The van der Waals surface area contributed by atoms with Crippen molar-refractivity contribution in [3.8, 4) is 0 Å². The summed E-state index contributed by atoms with van der Waals surface area (Å²) < 4.78 is 11.4. The normalized spacial score (nSPS) is 43.5. The molecule has 31 heavy (non-hydrogen) atoms. The summed E-state index contributed by atoms with van der Waals surface area (Å²) in [6.45, 7) is 11.2. The standard InChI is InChI=1S/C26H36O5/c1-15-13-20-21(24(5)10-7-19(14-23(15)24)30-17(3)28)8-11-25(6)22(20)9-12-26(25,16(2)27)31-18(4)29/h13-14,19-22H,7-12H2,1-6H3/t19-,20-,21+,22+,24+,25-,26+/m0/s1. The molecule has 0 heterocycles. The molecule has 0 aromatic carbocycles. The van der Waals surface area contributed by atoms with E-state index in [0.29, 0.717) is 24.2 Å². The van der Waals surface area contributed by atoms with Gasteiger partial charge in [-0.15, -0.1) is 0 Å². The van der Waals surface area contributed by atoms with E-state index in [1.165, 1.54) is 25.0 Å². The van der Waals surface area contributed by atoms with Gasteiger partial charge in [0.2, 0.25) is 0 Å². The van der Waals surface area contributed by atoms with Crippen LogP contribution in [0.3, 0.4) is 0 Å². The van der Waals surface area contributed by atoms with Crippen LogP contribution in [0.2, 0.25) is 0 Å². The molecule has 0 aromatic rings. The second kappa shape index (κ2) is 7.31. The van der Waals surface area contributed by atoms with E-state index in [-0.39, 0.29) is 34.7 Å². The van der Waals surface area contributed by atoms with E-state index < -0.39 is 5.60 Å². The van der Waals surface area contributed by atoms with Gasteiger partial charge in [-0.05, 0) is 87.2 Å². The minimum Gasteiger partial charge on any atom is -0.458 e. The van der Waals surface area contributed by atoms with Gasteiger partial charge < -0.3 is 9.47 Å². The van der Waals surface area contributed by atoms with E-state index in [9.17, 15) is 14.4 Å². The van der Waals surface area contributed by atoms with Crippen LogP contribution in [-0.2, 0) is 23.9 Å². The lowest BCUT2D eigenvalue weighted by Crippen LogP contribution is -2.58. The van der Waals surface area contributed by atoms with Crippen molar-refractivity contribution in [2.75, 3.05) is 0 Å². The van der Waals surface area contributed by atoms with Crippen LogP contribution < -0.4 is 0 Å². The largest absolute Gasteiger partial charge is 0.458 e. The van der Waals surface area contributed by atoms with Crippen molar-refractivity contribution < 1.29 is 23.9 Å². The molecule has 0 aromatic heterocycles. The number of fused-ring (bicyclic) bond motifs is 5. The van der Waals surface area contributed by atoms with Crippen LogP contribution >= 0.6 is 0 Å². The Hall–Kier alpha value is -1.91. The third kappa shape index (κ3) is 3.14. The number of ketones is 1. The molecule has 2 saturated carbocycles. The Bertz CT molecular complexity index is 884. The smallest absolute Gasteiger partial charge is 0.303 e. The number of carbonyl (C=O) groups is 3. The van der Waals surface area contributed by atoms with Gasteiger partial charge in [0.15, 0.2) is 11.4 Å². The summed E-state index contributed by atoms with van der Waals surface area (Å²) in [5.74, 6) is 0.550. The highest BCUT2D eigenvalue weighted by Gasteiger charge is 2.67. The summed E-state index contributed by atoms with van der Waals surface area (Å²) in [6, 6.07) is 0. The van der Waals surface area contributed by atoms with E-state index in [2.05, 4.69) is 32.9 Å². The fourth-order valence-corrected chi connectivity index (χ4v) is 7.92. The van der Waals surface area contributed by atoms with Gasteiger partial charge >= 0.3 is 11.9 Å². The minimum absolute atomic E-state index is 0.0173. The number of esters is 2. The second-order valence-corrected chi connectivity index (χ2v) is 10.8. The van der Waals surface area contributed by atoms with Gasteiger partial charge in [-0.1, -0.05) is 25.5 Å². The minimum atomic E-state index is -1.000. The van der Waals surface area contributed by atoms with E-state index in [0.717, 1.165) is 32.1 Å². The van der Waals surface area contributed by atoms with E-state index in [1.807, 2.05) is 0 Å². The molecule has 7 atom stereocenters. The maximum atomic E-state index is 12.9. The Morgan fingerprint density at radius 2 is 1.58 bits per heavy atom. The Balaban J connectivity index is 1.73. The molecule has 0 saturated heterocycles. The zero-order valence-corrected chi connectivity index (χ0v) is 19.7. The topological polar surface area (TPSA) is 69.7 Å². The molecule has 0 N–H and O–H groups in total. The van der Waals surface area contributed by atoms with Crippen molar-refractivity contribution in [2.24, 2.45) is 28.6 Å². The van der Waals surface area contributed by atoms with Crippen LogP contribution in [-0.4, -0.2) is 29.4 Å². The predicted octanol–water partition coefficient (Wildman–Crippen LogP) is 4.94. The first-order valence-electron chi connectivity index (χ1n) is 11.7. The molecule has 0 spiro atoms. The highest BCUT2D eigenvalue weighted by molar-refractivity contribution is 5.89. The van der Waals surface area contributed by atoms with Crippen LogP contribution in [0.4, 0.5) is 0 Å². The molecular formula is C26H36O5. The SMILES string of the molecule is CC(=O)O[C@@H]1C=C2C(C)=C[C@H]3[C@@H](CC[C@@]4(C)[C@@H]3CC[C@@]4(OC(C)=O)C(C)=O)[C@@]2(C)CC1. The number of ether oxygens (including phenoxy) is 2. The Labute approximate surface area is 185 Å². The summed E-state index contributed by atoms with van der Waals surface area (Å²) >= 11 is 0. The summed E-state index contributed by atoms with van der Waals surface area (Å²) in [5.41, 5.74) is 1.29. The molecular weight excluding hydrogens is 392 g/mol. The summed E-state index contributed by atoms with van der Waals surface area (Å²) in [5, 5.41) is 0. The first-order chi connectivity index (χ1) is 14.4. The highest BCUT2D eigenvalue weighted by atomic mass is 16.6. The lowest BCUT2D eigenvalue weighted by atomic mass is 9.47. The van der Waals surface area contributed by atoms with E-state index in [4.69, 9.17) is 9.47 Å². The third-order valence-electron chi connectivity index (χ3n) is 9.26. The van der Waals surface area contributed by atoms with Gasteiger partial charge in [-0.3, -0.25) is 14.4 Å². The van der Waals surface area contributed by atoms with Crippen LogP contribution in [0.5, 0.6) is 0 Å². The molecule has 0 amide bonds. The van der Waals surface area contributed by atoms with Gasteiger partial charge in [0.25, 0.3) is 0 Å². The molecule has 5 nitrogen and oxygen atoms in total. The maximum Gasteiger partial charge on any atom is 0.303 e. The number of hydrogen-bond acceptors (Lipinski definition) is 5. The molecule has 4 rings (SSSR count). The quantitative estimate of drug-likeness (QED) is 0.596. The van der Waals surface area contributed by atoms with E-state index in [1.54, 1.807) is 6.92 Å². The third-order valence-corrected chi connectivity index (χ3v) is 9.26. The number of hydrogen-bond donors (Lipinski definition) is 0. The van der Waals surface area contributed by atoms with Crippen LogP contribution in [0, 0.1) is 28.6 Å². The van der Waals surface area contributed by atoms with Gasteiger partial charge in [-0.2, -0.15) is 0 Å². The number of allylic oxidation sites excluding steroid dienone is 3. The lowest BCUT2D eigenvalue weighted by molar-refractivity contribution is -0.185. The van der Waals surface area contributed by atoms with Crippen LogP contribution in [0.25, 0.3) is 0 Å². The summed E-state index contributed by atoms with van der Waals surface area (Å²) in [6.07, 6.45) is 9.69. The van der Waals surface area contributed by atoms with Crippen molar-refractivity contribution in [3.63, 3.8) is 0 Å². The summed E-state index contributed by atoms with van der Waals surface area (Å²) in [7, 11) is 0. The van der Waals surface area contributed by atoms with Crippen LogP contribution in [0.1, 0.15) is 80.1 Å². The van der Waals surface area contributed by atoms with Gasteiger partial charge in [0.1, 0.15) is 6.10 Å². The predicted molar refractivity (Wildman–Crippen MR) is 117 cm³/mol.